The first kappa shape index (κ1) is 18.9. The van der Waals surface area contributed by atoms with Gasteiger partial charge in [0.1, 0.15) is 0 Å². The first-order valence-corrected chi connectivity index (χ1v) is 3.35. The molecule has 1 aromatic carbocycles. The fourth-order valence-electron chi connectivity index (χ4n) is 0.569. The van der Waals surface area contributed by atoms with Crippen LogP contribution < -0.4 is 0 Å². The predicted molar refractivity (Wildman–Crippen MR) is 60.3 cm³/mol. The Labute approximate surface area is 120 Å². The van der Waals surface area contributed by atoms with Gasteiger partial charge in [-0.25, -0.2) is 0 Å². The molecule has 0 heterocycles. The monoisotopic (exact) mass is 434 g/mol. The maximum absolute atomic E-state index is 10.6. The van der Waals surface area contributed by atoms with Gasteiger partial charge in [-0.1, -0.05) is 30.3 Å². The van der Waals surface area contributed by atoms with Crippen LogP contribution in [-0.4, -0.2) is 4.69 Å². The van der Waals surface area contributed by atoms with Gasteiger partial charge in [0.15, 0.2) is 0 Å². The van der Waals surface area contributed by atoms with Gasteiger partial charge in [-0.2, -0.15) is 0 Å². The molecule has 0 amide bonds. The van der Waals surface area contributed by atoms with Crippen molar-refractivity contribution >= 4 is 54.6 Å². The summed E-state index contributed by atoms with van der Waals surface area (Å²) in [6.07, 6.45) is 0. The Morgan fingerprint density at radius 3 is 1.75 bits per heavy atom. The van der Waals surface area contributed by atoms with Crippen molar-refractivity contribution in [2.75, 3.05) is 0 Å². The minimum absolute atomic E-state index is 0. The minimum atomic E-state index is -0.0666. The van der Waals surface area contributed by atoms with Crippen LogP contribution in [0.5, 0.6) is 0 Å². The van der Waals surface area contributed by atoms with E-state index in [9.17, 15) is 4.79 Å². The van der Waals surface area contributed by atoms with Gasteiger partial charge >= 0.3 is 0 Å². The molecule has 0 radical (unpaired) electrons. The third-order valence-corrected chi connectivity index (χ3v) is 1.46. The van der Waals surface area contributed by atoms with Gasteiger partial charge in [0.05, 0.1) is 0 Å². The first-order chi connectivity index (χ1) is 4.30. The third kappa shape index (κ3) is 6.70. The summed E-state index contributed by atoms with van der Waals surface area (Å²) in [5.41, 5.74) is 0.692. The second kappa shape index (κ2) is 10.3. The zero-order chi connectivity index (χ0) is 6.69. The van der Waals surface area contributed by atoms with Crippen LogP contribution in [0.1, 0.15) is 10.4 Å². The zero-order valence-electron chi connectivity index (χ0n) is 5.99. The van der Waals surface area contributed by atoms with E-state index < -0.39 is 0 Å². The quantitative estimate of drug-likeness (QED) is 0.615. The van der Waals surface area contributed by atoms with Crippen LogP contribution in [0.4, 0.5) is 0 Å². The number of rotatable bonds is 1. The van der Waals surface area contributed by atoms with Gasteiger partial charge in [-0.3, -0.25) is 4.79 Å². The molecule has 0 saturated heterocycles. The number of benzene rings is 1. The van der Waals surface area contributed by atoms with Crippen molar-refractivity contribution in [1.82, 2.24) is 0 Å². The van der Waals surface area contributed by atoms with E-state index in [2.05, 4.69) is 15.9 Å². The molecule has 0 bridgehead atoms. The van der Waals surface area contributed by atoms with E-state index in [1.807, 2.05) is 18.2 Å². The molecule has 0 aliphatic carbocycles. The average molecular weight is 438 g/mol. The van der Waals surface area contributed by atoms with E-state index in [1.165, 1.54) is 0 Å². The summed E-state index contributed by atoms with van der Waals surface area (Å²) in [5, 5.41) is 0. The van der Waals surface area contributed by atoms with Gasteiger partial charge in [-0.15, -0.1) is 34.0 Å². The molecule has 0 aliphatic rings. The van der Waals surface area contributed by atoms with Gasteiger partial charge in [-0.05, 0) is 15.9 Å². The van der Waals surface area contributed by atoms with Crippen LogP contribution >= 0.6 is 49.9 Å². The Morgan fingerprint density at radius 2 is 1.50 bits per heavy atom. The van der Waals surface area contributed by atoms with Crippen molar-refractivity contribution in [1.29, 1.82) is 0 Å². The molecule has 0 N–H and O–H groups in total. The van der Waals surface area contributed by atoms with Crippen molar-refractivity contribution in [2.24, 2.45) is 0 Å². The van der Waals surface area contributed by atoms with E-state index in [-0.39, 0.29) is 64.9 Å². The molecule has 1 rings (SSSR count). The standard InChI is InChI=1S/C7H5BrO.2BrH.Zr/c8-7(9)6-4-2-1-3-5-6;;;/h1-5H;2*1H;. The minimum Gasteiger partial charge on any atom is -0.281 e. The van der Waals surface area contributed by atoms with Gasteiger partial charge in [0.2, 0.25) is 4.69 Å². The van der Waals surface area contributed by atoms with E-state index in [0.29, 0.717) is 5.56 Å². The van der Waals surface area contributed by atoms with Gasteiger partial charge in [0, 0.05) is 31.8 Å². The molecule has 0 saturated carbocycles. The molecule has 12 heavy (non-hydrogen) atoms. The molecule has 0 aliphatic heterocycles. The van der Waals surface area contributed by atoms with E-state index in [4.69, 9.17) is 0 Å². The number of halogens is 3. The van der Waals surface area contributed by atoms with Crippen molar-refractivity contribution in [3.63, 3.8) is 0 Å². The molecule has 0 spiro atoms. The number of hydrogen-bond acceptors (Lipinski definition) is 1. The van der Waals surface area contributed by atoms with E-state index >= 15 is 0 Å². The summed E-state index contributed by atoms with van der Waals surface area (Å²) in [5.74, 6) is 0. The van der Waals surface area contributed by atoms with Gasteiger partial charge in [0.25, 0.3) is 0 Å². The normalized spacial score (nSPS) is 6.75. The number of carbonyl (C=O) groups excluding carboxylic acids is 1. The maximum atomic E-state index is 10.6. The van der Waals surface area contributed by atoms with Crippen molar-refractivity contribution in [3.05, 3.63) is 35.9 Å². The fourth-order valence-corrected chi connectivity index (χ4v) is 0.834. The molecule has 5 heteroatoms. The Hall–Kier alpha value is 1.21. The molecule has 0 fully saturated rings. The van der Waals surface area contributed by atoms with Crippen LogP contribution in [0, 0.1) is 0 Å². The second-order valence-corrected chi connectivity index (χ2v) is 2.36. The molecule has 66 valence electrons. The van der Waals surface area contributed by atoms with Crippen LogP contribution in [0.3, 0.4) is 0 Å². The topological polar surface area (TPSA) is 17.1 Å². The molecule has 0 unspecified atom stereocenters. The molecular weight excluding hydrogens is 431 g/mol. The van der Waals surface area contributed by atoms with E-state index in [0.717, 1.165) is 0 Å². The Kier molecular flexibility index (Phi) is 16.2. The molecule has 0 aromatic heterocycles. The largest absolute Gasteiger partial charge is 0.281 e. The average Bonchev–Trinajstić information content (AvgIpc) is 1.90. The summed E-state index contributed by atoms with van der Waals surface area (Å²) >= 11 is 2.84. The van der Waals surface area contributed by atoms with Crippen LogP contribution in [0.25, 0.3) is 0 Å². The third-order valence-electron chi connectivity index (χ3n) is 1.00. The Balaban J connectivity index is -0.000000270. The molecule has 0 atom stereocenters. The Morgan fingerprint density at radius 1 is 1.08 bits per heavy atom. The summed E-state index contributed by atoms with van der Waals surface area (Å²) in [7, 11) is 0. The summed E-state index contributed by atoms with van der Waals surface area (Å²) in [6, 6.07) is 9.05. The molecule has 1 nitrogen and oxygen atoms in total. The maximum Gasteiger partial charge on any atom is 0.228 e. The second-order valence-electron chi connectivity index (χ2n) is 1.64. The summed E-state index contributed by atoms with van der Waals surface area (Å²) < 4.78 is -0.0666. The van der Waals surface area contributed by atoms with Crippen LogP contribution in [-0.2, 0) is 26.2 Å². The summed E-state index contributed by atoms with van der Waals surface area (Å²) in [4.78, 5) is 10.6. The van der Waals surface area contributed by atoms with Crippen molar-refractivity contribution in [3.8, 4) is 0 Å². The van der Waals surface area contributed by atoms with Crippen LogP contribution in [0.2, 0.25) is 0 Å². The van der Waals surface area contributed by atoms with E-state index in [1.54, 1.807) is 12.1 Å². The smallest absolute Gasteiger partial charge is 0.228 e. The predicted octanol–water partition coefficient (Wildman–Crippen LogP) is 3.38. The molecular formula is C7H7Br3OZr. The summed E-state index contributed by atoms with van der Waals surface area (Å²) in [6.45, 7) is 0. The van der Waals surface area contributed by atoms with Crippen molar-refractivity contribution in [2.45, 2.75) is 0 Å². The Bertz CT molecular complexity index is 215. The number of carbonyl (C=O) groups is 1. The number of hydrogen-bond donors (Lipinski definition) is 0. The zero-order valence-corrected chi connectivity index (χ0v) is 13.5. The van der Waals surface area contributed by atoms with Gasteiger partial charge < -0.3 is 0 Å². The SMILES string of the molecule is Br.Br.O=C(Br)c1ccccc1.[Zr]. The molecule has 1 aromatic rings. The van der Waals surface area contributed by atoms with Crippen molar-refractivity contribution < 1.29 is 31.0 Å². The fraction of sp³-hybridized carbons (Fsp3) is 0. The van der Waals surface area contributed by atoms with Crippen LogP contribution in [0.15, 0.2) is 30.3 Å². The first-order valence-electron chi connectivity index (χ1n) is 2.55.